The molecule has 0 aliphatic carbocycles. The van der Waals surface area contributed by atoms with Crippen molar-refractivity contribution in [1.82, 2.24) is 0 Å². The lowest BCUT2D eigenvalue weighted by molar-refractivity contribution is -0.108. The second kappa shape index (κ2) is 6.40. The van der Waals surface area contributed by atoms with Crippen LogP contribution >= 0.6 is 0 Å². The Morgan fingerprint density at radius 2 is 1.64 bits per heavy atom. The summed E-state index contributed by atoms with van der Waals surface area (Å²) in [6, 6.07) is 0. The van der Waals surface area contributed by atoms with Gasteiger partial charge in [0.15, 0.2) is 23.3 Å². The monoisotopic (exact) mass is 364 g/mol. The van der Waals surface area contributed by atoms with Crippen molar-refractivity contribution < 1.29 is 36.2 Å². The van der Waals surface area contributed by atoms with Crippen LogP contribution in [0.25, 0.3) is 0 Å². The fourth-order valence-electron chi connectivity index (χ4n) is 2.64. The average molecular weight is 364 g/mol. The molecule has 1 aliphatic rings. The van der Waals surface area contributed by atoms with Gasteiger partial charge in [-0.25, -0.2) is 26.7 Å². The summed E-state index contributed by atoms with van der Waals surface area (Å²) in [5.41, 5.74) is -3.65. The Hall–Kier alpha value is -1.96. The molecular weight excluding hydrogens is 347 g/mol. The number of carbonyl (C=O) groups excluding carboxylic acids is 1. The van der Waals surface area contributed by atoms with Crippen LogP contribution in [0.1, 0.15) is 44.0 Å². The van der Waals surface area contributed by atoms with Crippen molar-refractivity contribution in [1.29, 1.82) is 0 Å². The van der Waals surface area contributed by atoms with Crippen molar-refractivity contribution in [2.75, 3.05) is 0 Å². The summed E-state index contributed by atoms with van der Waals surface area (Å²) in [6.45, 7) is 8.26. The zero-order valence-electron chi connectivity index (χ0n) is 13.9. The van der Waals surface area contributed by atoms with E-state index in [9.17, 15) is 26.7 Å². The Morgan fingerprint density at radius 3 is 2.08 bits per heavy atom. The average Bonchev–Trinajstić information content (AvgIpc) is 2.95. The molecule has 0 radical (unpaired) electrons. The van der Waals surface area contributed by atoms with Crippen molar-refractivity contribution in [3.05, 3.63) is 47.3 Å². The van der Waals surface area contributed by atoms with E-state index in [-0.39, 0.29) is 0 Å². The molecule has 0 aromatic heterocycles. The molecule has 1 aromatic rings. The van der Waals surface area contributed by atoms with E-state index in [0.29, 0.717) is 12.8 Å². The largest absolute Gasteiger partial charge is 0.453 e. The zero-order valence-corrected chi connectivity index (χ0v) is 13.9. The van der Waals surface area contributed by atoms with Gasteiger partial charge in [-0.15, -0.1) is 6.58 Å². The van der Waals surface area contributed by atoms with Crippen LogP contribution < -0.4 is 0 Å². The van der Waals surface area contributed by atoms with Crippen molar-refractivity contribution in [3.8, 4) is 0 Å². The van der Waals surface area contributed by atoms with Gasteiger partial charge in [0, 0.05) is 0 Å². The highest BCUT2D eigenvalue weighted by atomic mass is 19.2. The van der Waals surface area contributed by atoms with Gasteiger partial charge in [-0.05, 0) is 33.6 Å². The normalized spacial score (nSPS) is 23.6. The van der Waals surface area contributed by atoms with Crippen LogP contribution in [0.2, 0.25) is 0 Å². The summed E-state index contributed by atoms with van der Waals surface area (Å²) in [5.74, 6) is -12.9. The van der Waals surface area contributed by atoms with Gasteiger partial charge in [0.2, 0.25) is 5.82 Å². The molecule has 3 nitrogen and oxygen atoms in total. The number of carbonyl (C=O) groups is 1. The topological polar surface area (TPSA) is 35.5 Å². The molecule has 2 unspecified atom stereocenters. The fraction of sp³-hybridized carbons (Fsp3) is 0.471. The predicted molar refractivity (Wildman–Crippen MR) is 78.4 cm³/mol. The molecule has 25 heavy (non-hydrogen) atoms. The van der Waals surface area contributed by atoms with E-state index < -0.39 is 57.9 Å². The van der Waals surface area contributed by atoms with Gasteiger partial charge in [-0.1, -0.05) is 6.08 Å². The van der Waals surface area contributed by atoms with Crippen LogP contribution in [0.5, 0.6) is 0 Å². The first-order chi connectivity index (χ1) is 11.4. The third-order valence-corrected chi connectivity index (χ3v) is 4.29. The third-order valence-electron chi connectivity index (χ3n) is 4.29. The van der Waals surface area contributed by atoms with E-state index in [2.05, 4.69) is 6.58 Å². The summed E-state index contributed by atoms with van der Waals surface area (Å²) in [5, 5.41) is 0. The minimum atomic E-state index is -2.34. The standard InChI is InChI=1S/C17H17F5O3/c1-5-17(4)7-6-8(24-17)16(2,3)25-15(23)9-10(18)12(20)14(22)13(21)11(9)19/h5,8H,1,6-7H2,2-4H3. The molecule has 1 fully saturated rings. The van der Waals surface area contributed by atoms with Crippen LogP contribution in [0.3, 0.4) is 0 Å². The van der Waals surface area contributed by atoms with E-state index in [4.69, 9.17) is 9.47 Å². The number of halogens is 5. The summed E-state index contributed by atoms with van der Waals surface area (Å²) >= 11 is 0. The Morgan fingerprint density at radius 1 is 1.16 bits per heavy atom. The molecular formula is C17H17F5O3. The molecule has 0 spiro atoms. The quantitative estimate of drug-likeness (QED) is 0.261. The lowest BCUT2D eigenvalue weighted by Gasteiger charge is -2.32. The SMILES string of the molecule is C=CC1(C)CCC(C(C)(C)OC(=O)c2c(F)c(F)c(F)c(F)c2F)O1. The molecule has 1 aromatic carbocycles. The molecule has 1 saturated heterocycles. The smallest absolute Gasteiger partial charge is 0.345 e. The lowest BCUT2D eigenvalue weighted by Crippen LogP contribution is -2.42. The van der Waals surface area contributed by atoms with Gasteiger partial charge in [-0.2, -0.15) is 0 Å². The van der Waals surface area contributed by atoms with E-state index >= 15 is 0 Å². The second-order valence-electron chi connectivity index (χ2n) is 6.60. The van der Waals surface area contributed by atoms with Gasteiger partial charge in [0.05, 0.1) is 11.7 Å². The molecule has 1 aliphatic heterocycles. The molecule has 0 amide bonds. The fourth-order valence-corrected chi connectivity index (χ4v) is 2.64. The van der Waals surface area contributed by atoms with Crippen molar-refractivity contribution in [2.24, 2.45) is 0 Å². The summed E-state index contributed by atoms with van der Waals surface area (Å²) in [6.07, 6.45) is 1.97. The Balaban J connectivity index is 2.30. The van der Waals surface area contributed by atoms with E-state index in [0.717, 1.165) is 0 Å². The van der Waals surface area contributed by atoms with Crippen molar-refractivity contribution in [2.45, 2.75) is 50.9 Å². The first-order valence-electron chi connectivity index (χ1n) is 7.49. The predicted octanol–water partition coefficient (Wildman–Crippen LogP) is 4.44. The molecule has 1 heterocycles. The van der Waals surface area contributed by atoms with Crippen LogP contribution in [-0.2, 0) is 9.47 Å². The minimum Gasteiger partial charge on any atom is -0.453 e. The van der Waals surface area contributed by atoms with Gasteiger partial charge in [0.25, 0.3) is 0 Å². The van der Waals surface area contributed by atoms with Crippen molar-refractivity contribution in [3.63, 3.8) is 0 Å². The van der Waals surface area contributed by atoms with E-state index in [1.165, 1.54) is 13.8 Å². The Labute approximate surface area is 141 Å². The van der Waals surface area contributed by atoms with Gasteiger partial charge >= 0.3 is 5.97 Å². The highest BCUT2D eigenvalue weighted by molar-refractivity contribution is 5.90. The highest BCUT2D eigenvalue weighted by Crippen LogP contribution is 2.38. The van der Waals surface area contributed by atoms with Gasteiger partial charge in [0.1, 0.15) is 11.2 Å². The maximum atomic E-state index is 13.7. The maximum absolute atomic E-state index is 13.7. The minimum absolute atomic E-state index is 0.458. The number of hydrogen-bond donors (Lipinski definition) is 0. The zero-order chi connectivity index (χ0) is 19.2. The first kappa shape index (κ1) is 19.4. The van der Waals surface area contributed by atoms with Crippen LogP contribution in [0.15, 0.2) is 12.7 Å². The Bertz CT molecular complexity index is 702. The number of ether oxygens (including phenoxy) is 2. The van der Waals surface area contributed by atoms with E-state index in [1.807, 2.05) is 0 Å². The maximum Gasteiger partial charge on any atom is 0.345 e. The molecule has 0 N–H and O–H groups in total. The number of hydrogen-bond acceptors (Lipinski definition) is 3. The molecule has 0 saturated carbocycles. The molecule has 2 rings (SSSR count). The Kier molecular flexibility index (Phi) is 4.96. The molecule has 8 heteroatoms. The molecule has 2 atom stereocenters. The van der Waals surface area contributed by atoms with Crippen LogP contribution in [0.4, 0.5) is 22.0 Å². The second-order valence-corrected chi connectivity index (χ2v) is 6.60. The molecule has 138 valence electrons. The van der Waals surface area contributed by atoms with Crippen LogP contribution in [0, 0.1) is 29.1 Å². The number of esters is 1. The number of benzene rings is 1. The number of rotatable bonds is 4. The summed E-state index contributed by atoms with van der Waals surface area (Å²) in [4.78, 5) is 12.1. The highest BCUT2D eigenvalue weighted by Gasteiger charge is 2.45. The summed E-state index contributed by atoms with van der Waals surface area (Å²) in [7, 11) is 0. The van der Waals surface area contributed by atoms with Crippen molar-refractivity contribution >= 4 is 5.97 Å². The molecule has 0 bridgehead atoms. The third kappa shape index (κ3) is 3.40. The van der Waals surface area contributed by atoms with Gasteiger partial charge < -0.3 is 9.47 Å². The van der Waals surface area contributed by atoms with E-state index in [1.54, 1.807) is 13.0 Å². The van der Waals surface area contributed by atoms with Gasteiger partial charge in [-0.3, -0.25) is 0 Å². The lowest BCUT2D eigenvalue weighted by atomic mass is 9.96. The summed E-state index contributed by atoms with van der Waals surface area (Å²) < 4.78 is 77.7. The van der Waals surface area contributed by atoms with Crippen LogP contribution in [-0.4, -0.2) is 23.3 Å². The first-order valence-corrected chi connectivity index (χ1v) is 7.49.